The summed E-state index contributed by atoms with van der Waals surface area (Å²) in [5.74, 6) is 1.61. The molecule has 0 aliphatic heterocycles. The molecule has 0 aliphatic carbocycles. The van der Waals surface area contributed by atoms with Crippen molar-refractivity contribution >= 4 is 5.69 Å². The molecule has 0 fully saturated rings. The van der Waals surface area contributed by atoms with E-state index < -0.39 is 0 Å². The third-order valence-corrected chi connectivity index (χ3v) is 3.01. The molecule has 4 nitrogen and oxygen atoms in total. The molecule has 1 aromatic rings. The van der Waals surface area contributed by atoms with Crippen LogP contribution in [0.2, 0.25) is 0 Å². The number of nitrogens with two attached hydrogens (primary N) is 1. The van der Waals surface area contributed by atoms with Gasteiger partial charge in [0.05, 0.1) is 19.9 Å². The third-order valence-electron chi connectivity index (χ3n) is 3.01. The summed E-state index contributed by atoms with van der Waals surface area (Å²) in [6.45, 7) is 2.83. The van der Waals surface area contributed by atoms with Gasteiger partial charge in [-0.05, 0) is 32.0 Å². The fraction of sp³-hybridized carbons (Fsp3) is 0.538. The zero-order chi connectivity index (χ0) is 12.8. The van der Waals surface area contributed by atoms with Gasteiger partial charge in [0, 0.05) is 19.2 Å². The van der Waals surface area contributed by atoms with Crippen molar-refractivity contribution in [1.29, 1.82) is 0 Å². The van der Waals surface area contributed by atoms with Crippen molar-refractivity contribution < 1.29 is 9.47 Å². The highest BCUT2D eigenvalue weighted by molar-refractivity contribution is 5.61. The number of nitrogens with zero attached hydrogens (tertiary/aromatic N) is 1. The Hall–Kier alpha value is -1.42. The minimum absolute atomic E-state index is 0.377. The van der Waals surface area contributed by atoms with Crippen LogP contribution >= 0.6 is 0 Å². The van der Waals surface area contributed by atoms with Crippen LogP contribution in [0.4, 0.5) is 5.69 Å². The molecular weight excluding hydrogens is 216 g/mol. The van der Waals surface area contributed by atoms with Gasteiger partial charge in [0.1, 0.15) is 11.5 Å². The van der Waals surface area contributed by atoms with E-state index in [1.54, 1.807) is 14.2 Å². The van der Waals surface area contributed by atoms with Crippen LogP contribution in [-0.4, -0.2) is 33.9 Å². The molecule has 0 spiro atoms. The summed E-state index contributed by atoms with van der Waals surface area (Å²) in [7, 11) is 5.36. The van der Waals surface area contributed by atoms with Gasteiger partial charge in [-0.25, -0.2) is 0 Å². The van der Waals surface area contributed by atoms with Crippen LogP contribution in [0.1, 0.15) is 13.3 Å². The Labute approximate surface area is 103 Å². The lowest BCUT2D eigenvalue weighted by molar-refractivity contribution is 0.393. The largest absolute Gasteiger partial charge is 0.497 e. The molecule has 1 aromatic carbocycles. The van der Waals surface area contributed by atoms with E-state index in [0.717, 1.165) is 23.6 Å². The number of anilines is 1. The SMILES string of the molecule is COc1ccc(N(C)C(C)CCN)c(OC)c1. The predicted molar refractivity (Wildman–Crippen MR) is 71.1 cm³/mol. The van der Waals surface area contributed by atoms with Crippen molar-refractivity contribution in [3.63, 3.8) is 0 Å². The monoisotopic (exact) mass is 238 g/mol. The van der Waals surface area contributed by atoms with Crippen LogP contribution in [0.5, 0.6) is 11.5 Å². The van der Waals surface area contributed by atoms with Crippen LogP contribution < -0.4 is 20.1 Å². The maximum atomic E-state index is 5.58. The highest BCUT2D eigenvalue weighted by Crippen LogP contribution is 2.32. The molecule has 96 valence electrons. The number of ether oxygens (including phenoxy) is 2. The van der Waals surface area contributed by atoms with Crippen molar-refractivity contribution in [2.45, 2.75) is 19.4 Å². The molecule has 17 heavy (non-hydrogen) atoms. The van der Waals surface area contributed by atoms with Gasteiger partial charge in [-0.1, -0.05) is 0 Å². The van der Waals surface area contributed by atoms with E-state index in [1.807, 2.05) is 25.2 Å². The van der Waals surface area contributed by atoms with Gasteiger partial charge in [0.2, 0.25) is 0 Å². The molecule has 0 radical (unpaired) electrons. The van der Waals surface area contributed by atoms with Crippen molar-refractivity contribution in [3.8, 4) is 11.5 Å². The van der Waals surface area contributed by atoms with Gasteiger partial charge in [-0.3, -0.25) is 0 Å². The number of benzene rings is 1. The van der Waals surface area contributed by atoms with E-state index >= 15 is 0 Å². The molecule has 1 atom stereocenters. The second-order valence-electron chi connectivity index (χ2n) is 4.08. The summed E-state index contributed by atoms with van der Waals surface area (Å²) in [6, 6.07) is 6.21. The third kappa shape index (κ3) is 3.27. The summed E-state index contributed by atoms with van der Waals surface area (Å²) in [5.41, 5.74) is 6.63. The van der Waals surface area contributed by atoms with E-state index in [0.29, 0.717) is 12.6 Å². The average Bonchev–Trinajstić information content (AvgIpc) is 2.37. The van der Waals surface area contributed by atoms with Crippen LogP contribution in [0.15, 0.2) is 18.2 Å². The summed E-state index contributed by atoms with van der Waals surface area (Å²) >= 11 is 0. The minimum Gasteiger partial charge on any atom is -0.497 e. The molecule has 0 heterocycles. The number of hydrogen-bond donors (Lipinski definition) is 1. The van der Waals surface area contributed by atoms with Crippen LogP contribution in [0.25, 0.3) is 0 Å². The Balaban J connectivity index is 2.96. The molecular formula is C13H22N2O2. The lowest BCUT2D eigenvalue weighted by Gasteiger charge is -2.28. The number of rotatable bonds is 6. The van der Waals surface area contributed by atoms with Gasteiger partial charge in [0.25, 0.3) is 0 Å². The van der Waals surface area contributed by atoms with E-state index in [1.165, 1.54) is 0 Å². The van der Waals surface area contributed by atoms with E-state index in [4.69, 9.17) is 15.2 Å². The van der Waals surface area contributed by atoms with Gasteiger partial charge in [-0.2, -0.15) is 0 Å². The topological polar surface area (TPSA) is 47.7 Å². The first kappa shape index (κ1) is 13.6. The Bertz CT molecular complexity index is 355. The molecule has 0 bridgehead atoms. The van der Waals surface area contributed by atoms with Gasteiger partial charge < -0.3 is 20.1 Å². The van der Waals surface area contributed by atoms with E-state index in [9.17, 15) is 0 Å². The van der Waals surface area contributed by atoms with Gasteiger partial charge in [0.15, 0.2) is 0 Å². The molecule has 1 unspecified atom stereocenters. The fourth-order valence-corrected chi connectivity index (χ4v) is 1.75. The molecule has 0 saturated carbocycles. The smallest absolute Gasteiger partial charge is 0.145 e. The van der Waals surface area contributed by atoms with Crippen molar-refractivity contribution in [2.24, 2.45) is 5.73 Å². The van der Waals surface area contributed by atoms with Gasteiger partial charge >= 0.3 is 0 Å². The second-order valence-corrected chi connectivity index (χ2v) is 4.08. The highest BCUT2D eigenvalue weighted by Gasteiger charge is 2.14. The first-order valence-corrected chi connectivity index (χ1v) is 5.79. The molecule has 0 amide bonds. The highest BCUT2D eigenvalue weighted by atomic mass is 16.5. The van der Waals surface area contributed by atoms with Crippen LogP contribution in [-0.2, 0) is 0 Å². The Morgan fingerprint density at radius 1 is 1.29 bits per heavy atom. The maximum Gasteiger partial charge on any atom is 0.145 e. The second kappa shape index (κ2) is 6.35. The molecule has 0 saturated heterocycles. The molecule has 4 heteroatoms. The summed E-state index contributed by atoms with van der Waals surface area (Å²) in [5, 5.41) is 0. The number of hydrogen-bond acceptors (Lipinski definition) is 4. The van der Waals surface area contributed by atoms with E-state index in [2.05, 4.69) is 11.8 Å². The van der Waals surface area contributed by atoms with Gasteiger partial charge in [-0.15, -0.1) is 0 Å². The summed E-state index contributed by atoms with van der Waals surface area (Å²) < 4.78 is 10.6. The molecule has 0 aliphatic rings. The maximum absolute atomic E-state index is 5.58. The van der Waals surface area contributed by atoms with Crippen LogP contribution in [0, 0.1) is 0 Å². The zero-order valence-corrected chi connectivity index (χ0v) is 11.1. The average molecular weight is 238 g/mol. The molecule has 1 rings (SSSR count). The number of methoxy groups -OCH3 is 2. The summed E-state index contributed by atoms with van der Waals surface area (Å²) in [4.78, 5) is 2.17. The molecule has 2 N–H and O–H groups in total. The Morgan fingerprint density at radius 3 is 2.53 bits per heavy atom. The Morgan fingerprint density at radius 2 is 2.00 bits per heavy atom. The van der Waals surface area contributed by atoms with E-state index in [-0.39, 0.29) is 0 Å². The normalized spacial score (nSPS) is 12.1. The quantitative estimate of drug-likeness (QED) is 0.822. The van der Waals surface area contributed by atoms with Crippen molar-refractivity contribution in [3.05, 3.63) is 18.2 Å². The zero-order valence-electron chi connectivity index (χ0n) is 11.1. The lowest BCUT2D eigenvalue weighted by atomic mass is 10.1. The first-order valence-electron chi connectivity index (χ1n) is 5.79. The lowest BCUT2D eigenvalue weighted by Crippen LogP contribution is -2.31. The first-order chi connectivity index (χ1) is 8.13. The summed E-state index contributed by atoms with van der Waals surface area (Å²) in [6.07, 6.45) is 0.950. The minimum atomic E-state index is 0.377. The van der Waals surface area contributed by atoms with Crippen LogP contribution in [0.3, 0.4) is 0 Å². The van der Waals surface area contributed by atoms with Crippen molar-refractivity contribution in [1.82, 2.24) is 0 Å². The molecule has 0 aromatic heterocycles. The predicted octanol–water partition coefficient (Wildman–Crippen LogP) is 1.88. The standard InChI is InChI=1S/C13H22N2O2/c1-10(7-8-14)15(2)12-6-5-11(16-3)9-13(12)17-4/h5-6,9-10H,7-8,14H2,1-4H3. The fourth-order valence-electron chi connectivity index (χ4n) is 1.75. The van der Waals surface area contributed by atoms with Crippen molar-refractivity contribution in [2.75, 3.05) is 32.7 Å². The Kier molecular flexibility index (Phi) is 5.10.